The number of ether oxygens (including phenoxy) is 1. The SMILES string of the molecule is O=C(CCOc1ccccc1)Nc1ccccc1C(F)(F)F. The van der Waals surface area contributed by atoms with E-state index >= 15 is 0 Å². The van der Waals surface area contributed by atoms with Crippen LogP contribution in [0.25, 0.3) is 0 Å². The molecular weight excluding hydrogens is 295 g/mol. The van der Waals surface area contributed by atoms with Gasteiger partial charge in [0.25, 0.3) is 0 Å². The highest BCUT2D eigenvalue weighted by atomic mass is 19.4. The van der Waals surface area contributed by atoms with Crippen molar-refractivity contribution in [2.75, 3.05) is 11.9 Å². The number of carbonyl (C=O) groups excluding carboxylic acids is 1. The molecule has 0 aliphatic carbocycles. The molecule has 0 saturated carbocycles. The van der Waals surface area contributed by atoms with Gasteiger partial charge in [-0.15, -0.1) is 0 Å². The van der Waals surface area contributed by atoms with E-state index in [9.17, 15) is 18.0 Å². The molecule has 2 aromatic rings. The monoisotopic (exact) mass is 309 g/mol. The van der Waals surface area contributed by atoms with Crippen LogP contribution < -0.4 is 10.1 Å². The van der Waals surface area contributed by atoms with Gasteiger partial charge in [-0.3, -0.25) is 4.79 Å². The lowest BCUT2D eigenvalue weighted by Gasteiger charge is -2.13. The zero-order valence-electron chi connectivity index (χ0n) is 11.6. The number of anilines is 1. The summed E-state index contributed by atoms with van der Waals surface area (Å²) in [7, 11) is 0. The molecule has 0 unspecified atom stereocenters. The molecule has 3 nitrogen and oxygen atoms in total. The van der Waals surface area contributed by atoms with Crippen LogP contribution in [-0.4, -0.2) is 12.5 Å². The topological polar surface area (TPSA) is 38.3 Å². The molecule has 0 saturated heterocycles. The number of alkyl halides is 3. The molecule has 0 aromatic heterocycles. The maximum absolute atomic E-state index is 12.8. The van der Waals surface area contributed by atoms with Crippen molar-refractivity contribution in [3.63, 3.8) is 0 Å². The van der Waals surface area contributed by atoms with Gasteiger partial charge in [-0.1, -0.05) is 30.3 Å². The van der Waals surface area contributed by atoms with Gasteiger partial charge >= 0.3 is 6.18 Å². The normalized spacial score (nSPS) is 11.0. The second-order valence-corrected chi connectivity index (χ2v) is 4.50. The van der Waals surface area contributed by atoms with Gasteiger partial charge < -0.3 is 10.1 Å². The minimum atomic E-state index is -4.51. The Hall–Kier alpha value is -2.50. The van der Waals surface area contributed by atoms with Gasteiger partial charge in [-0.25, -0.2) is 0 Å². The van der Waals surface area contributed by atoms with Crippen molar-refractivity contribution >= 4 is 11.6 Å². The van der Waals surface area contributed by atoms with Crippen LogP contribution >= 0.6 is 0 Å². The van der Waals surface area contributed by atoms with Gasteiger partial charge in [0.15, 0.2) is 0 Å². The van der Waals surface area contributed by atoms with E-state index in [0.717, 1.165) is 6.07 Å². The Morgan fingerprint density at radius 1 is 1.00 bits per heavy atom. The Kier molecular flexibility index (Phi) is 5.04. The van der Waals surface area contributed by atoms with Crippen molar-refractivity contribution in [3.8, 4) is 5.75 Å². The number of halogens is 3. The number of benzene rings is 2. The highest BCUT2D eigenvalue weighted by molar-refractivity contribution is 5.91. The third kappa shape index (κ3) is 4.51. The number of amides is 1. The van der Waals surface area contributed by atoms with E-state index in [2.05, 4.69) is 5.32 Å². The zero-order chi connectivity index (χ0) is 16.0. The van der Waals surface area contributed by atoms with Gasteiger partial charge in [0.2, 0.25) is 5.91 Å². The van der Waals surface area contributed by atoms with Gasteiger partial charge in [0.1, 0.15) is 5.75 Å². The summed E-state index contributed by atoms with van der Waals surface area (Å²) in [4.78, 5) is 11.7. The summed E-state index contributed by atoms with van der Waals surface area (Å²) in [5.41, 5.74) is -1.12. The van der Waals surface area contributed by atoms with E-state index in [0.29, 0.717) is 5.75 Å². The molecule has 1 amide bonds. The van der Waals surface area contributed by atoms with Crippen LogP contribution in [0.3, 0.4) is 0 Å². The summed E-state index contributed by atoms with van der Waals surface area (Å²) in [6, 6.07) is 13.7. The Labute approximate surface area is 125 Å². The number of hydrogen-bond donors (Lipinski definition) is 1. The van der Waals surface area contributed by atoms with Crippen molar-refractivity contribution in [1.82, 2.24) is 0 Å². The number of hydrogen-bond acceptors (Lipinski definition) is 2. The van der Waals surface area contributed by atoms with Crippen molar-refractivity contribution in [2.45, 2.75) is 12.6 Å². The van der Waals surface area contributed by atoms with Crippen molar-refractivity contribution < 1.29 is 22.7 Å². The molecule has 0 aliphatic heterocycles. The first-order chi connectivity index (χ1) is 10.5. The van der Waals surface area contributed by atoms with Gasteiger partial charge in [-0.05, 0) is 24.3 Å². The number of carbonyl (C=O) groups is 1. The Balaban J connectivity index is 1.90. The lowest BCUT2D eigenvalue weighted by molar-refractivity contribution is -0.137. The van der Waals surface area contributed by atoms with Gasteiger partial charge in [-0.2, -0.15) is 13.2 Å². The molecule has 116 valence electrons. The maximum Gasteiger partial charge on any atom is 0.418 e. The number of rotatable bonds is 5. The van der Waals surface area contributed by atoms with Crippen LogP contribution in [0, 0.1) is 0 Å². The first kappa shape index (κ1) is 15.9. The lowest BCUT2D eigenvalue weighted by atomic mass is 10.1. The molecule has 0 radical (unpaired) electrons. The molecule has 0 bridgehead atoms. The second kappa shape index (κ2) is 6.98. The fourth-order valence-electron chi connectivity index (χ4n) is 1.83. The standard InChI is InChI=1S/C16H14F3NO2/c17-16(18,19)13-8-4-5-9-14(13)20-15(21)10-11-22-12-6-2-1-3-7-12/h1-9H,10-11H2,(H,20,21). The summed E-state index contributed by atoms with van der Waals surface area (Å²) in [6.07, 6.45) is -4.55. The Morgan fingerprint density at radius 2 is 1.64 bits per heavy atom. The highest BCUT2D eigenvalue weighted by Crippen LogP contribution is 2.34. The molecule has 0 heterocycles. The highest BCUT2D eigenvalue weighted by Gasteiger charge is 2.33. The summed E-state index contributed by atoms with van der Waals surface area (Å²) in [6.45, 7) is 0.0873. The molecule has 0 aliphatic rings. The van der Waals surface area contributed by atoms with Crippen LogP contribution in [-0.2, 0) is 11.0 Å². The first-order valence-electron chi connectivity index (χ1n) is 6.61. The number of para-hydroxylation sites is 2. The van der Waals surface area contributed by atoms with Gasteiger partial charge in [0, 0.05) is 0 Å². The third-order valence-electron chi connectivity index (χ3n) is 2.85. The molecule has 0 atom stereocenters. The molecule has 2 rings (SSSR count). The maximum atomic E-state index is 12.8. The van der Waals surface area contributed by atoms with Crippen LogP contribution in [0.1, 0.15) is 12.0 Å². The van der Waals surface area contributed by atoms with E-state index in [1.165, 1.54) is 18.2 Å². The quantitative estimate of drug-likeness (QED) is 0.902. The third-order valence-corrected chi connectivity index (χ3v) is 2.85. The van der Waals surface area contributed by atoms with Crippen molar-refractivity contribution in [2.24, 2.45) is 0 Å². The van der Waals surface area contributed by atoms with E-state index in [1.807, 2.05) is 6.07 Å². The van der Waals surface area contributed by atoms with E-state index in [1.54, 1.807) is 24.3 Å². The fourth-order valence-corrected chi connectivity index (χ4v) is 1.83. The van der Waals surface area contributed by atoms with Crippen LogP contribution in [0.15, 0.2) is 54.6 Å². The van der Waals surface area contributed by atoms with Crippen LogP contribution in [0.2, 0.25) is 0 Å². The average molecular weight is 309 g/mol. The minimum absolute atomic E-state index is 0.0406. The largest absolute Gasteiger partial charge is 0.493 e. The summed E-state index contributed by atoms with van der Waals surface area (Å²) in [5.74, 6) is 0.0682. The van der Waals surface area contributed by atoms with E-state index < -0.39 is 17.6 Å². The second-order valence-electron chi connectivity index (χ2n) is 4.50. The van der Waals surface area contributed by atoms with Gasteiger partial charge in [0.05, 0.1) is 24.3 Å². The zero-order valence-corrected chi connectivity index (χ0v) is 11.6. The van der Waals surface area contributed by atoms with Crippen molar-refractivity contribution in [1.29, 1.82) is 0 Å². The summed E-state index contributed by atoms with van der Waals surface area (Å²) in [5, 5.41) is 2.26. The molecule has 0 spiro atoms. The fraction of sp³-hybridized carbons (Fsp3) is 0.188. The molecule has 6 heteroatoms. The predicted octanol–water partition coefficient (Wildman–Crippen LogP) is 4.11. The van der Waals surface area contributed by atoms with Crippen LogP contribution in [0.5, 0.6) is 5.75 Å². The molecular formula is C16H14F3NO2. The molecule has 1 N–H and O–H groups in total. The van der Waals surface area contributed by atoms with E-state index in [-0.39, 0.29) is 18.7 Å². The Morgan fingerprint density at radius 3 is 2.32 bits per heavy atom. The van der Waals surface area contributed by atoms with E-state index in [4.69, 9.17) is 4.74 Å². The molecule has 0 fully saturated rings. The summed E-state index contributed by atoms with van der Waals surface area (Å²) >= 11 is 0. The first-order valence-corrected chi connectivity index (χ1v) is 6.61. The van der Waals surface area contributed by atoms with Crippen LogP contribution in [0.4, 0.5) is 18.9 Å². The molecule has 2 aromatic carbocycles. The smallest absolute Gasteiger partial charge is 0.418 e. The van der Waals surface area contributed by atoms with Crippen molar-refractivity contribution in [3.05, 3.63) is 60.2 Å². The average Bonchev–Trinajstić information content (AvgIpc) is 2.48. The molecule has 22 heavy (non-hydrogen) atoms. The predicted molar refractivity (Wildman–Crippen MR) is 76.6 cm³/mol. The lowest BCUT2D eigenvalue weighted by Crippen LogP contribution is -2.18. The number of nitrogens with one attached hydrogen (secondary N) is 1. The Bertz CT molecular complexity index is 627. The minimum Gasteiger partial charge on any atom is -0.493 e. The summed E-state index contributed by atoms with van der Waals surface area (Å²) < 4.78 is 43.7.